The highest BCUT2D eigenvalue weighted by Gasteiger charge is 2.33. The second-order valence-corrected chi connectivity index (χ2v) is 4.39. The highest BCUT2D eigenvalue weighted by Crippen LogP contribution is 2.29. The van der Waals surface area contributed by atoms with Crippen LogP contribution in [0.4, 0.5) is 24.9 Å². The number of halogens is 3. The Morgan fingerprint density at radius 2 is 2.05 bits per heavy atom. The maximum Gasteiger partial charge on any atom is 0.433 e. The number of hydrogen-bond acceptors (Lipinski definition) is 5. The number of rotatable bonds is 6. The van der Waals surface area contributed by atoms with E-state index in [1.54, 1.807) is 0 Å². The fourth-order valence-corrected chi connectivity index (χ4v) is 1.27. The molecule has 3 N–H and O–H groups in total. The van der Waals surface area contributed by atoms with Crippen LogP contribution < -0.4 is 11.1 Å². The Bertz CT molecular complexity index is 409. The summed E-state index contributed by atoms with van der Waals surface area (Å²) in [5.41, 5.74) is 4.17. The van der Waals surface area contributed by atoms with Crippen LogP contribution in [0.5, 0.6) is 0 Å². The molecule has 1 heterocycles. The van der Waals surface area contributed by atoms with Crippen LogP contribution >= 0.6 is 0 Å². The minimum absolute atomic E-state index is 0.0352. The molecule has 108 valence electrons. The zero-order valence-electron chi connectivity index (χ0n) is 10.8. The van der Waals surface area contributed by atoms with E-state index in [0.717, 1.165) is 6.07 Å². The summed E-state index contributed by atoms with van der Waals surface area (Å²) in [7, 11) is 0. The van der Waals surface area contributed by atoms with E-state index in [9.17, 15) is 13.2 Å². The van der Waals surface area contributed by atoms with Gasteiger partial charge in [0.05, 0.1) is 6.61 Å². The number of hydrogen-bond donors (Lipinski definition) is 2. The SMILES string of the molecule is CC(C)COCCNc1cc(C(F)(F)F)nc(N)n1. The summed E-state index contributed by atoms with van der Waals surface area (Å²) in [5.74, 6) is 0.0277. The van der Waals surface area contributed by atoms with Gasteiger partial charge in [-0.25, -0.2) is 4.98 Å². The summed E-state index contributed by atoms with van der Waals surface area (Å²) in [5, 5.41) is 2.72. The topological polar surface area (TPSA) is 73.1 Å². The van der Waals surface area contributed by atoms with Crippen LogP contribution in [-0.4, -0.2) is 29.7 Å². The predicted molar refractivity (Wildman–Crippen MR) is 65.6 cm³/mol. The molecule has 0 radical (unpaired) electrons. The molecule has 19 heavy (non-hydrogen) atoms. The quantitative estimate of drug-likeness (QED) is 0.780. The molecule has 0 bridgehead atoms. The molecule has 0 aromatic carbocycles. The molecule has 1 rings (SSSR count). The second-order valence-electron chi connectivity index (χ2n) is 4.39. The van der Waals surface area contributed by atoms with Crippen molar-refractivity contribution < 1.29 is 17.9 Å². The lowest BCUT2D eigenvalue weighted by Crippen LogP contribution is -2.16. The first kappa shape index (κ1) is 15.5. The Hall–Kier alpha value is -1.57. The Labute approximate surface area is 109 Å². The van der Waals surface area contributed by atoms with Gasteiger partial charge in [0.2, 0.25) is 5.95 Å². The number of anilines is 2. The number of nitrogens with zero attached hydrogens (tertiary/aromatic N) is 2. The summed E-state index contributed by atoms with van der Waals surface area (Å²) in [4.78, 5) is 6.82. The number of nitrogen functional groups attached to an aromatic ring is 1. The standard InChI is InChI=1S/C11H17F3N4O/c1-7(2)6-19-4-3-16-9-5-8(11(12,13)14)17-10(15)18-9/h5,7H,3-4,6H2,1-2H3,(H3,15,16,17,18). The first-order valence-electron chi connectivity index (χ1n) is 5.82. The molecule has 0 spiro atoms. The van der Waals surface area contributed by atoms with Gasteiger partial charge >= 0.3 is 6.18 Å². The van der Waals surface area contributed by atoms with E-state index in [1.165, 1.54) is 0 Å². The van der Waals surface area contributed by atoms with Crippen LogP contribution in [0.2, 0.25) is 0 Å². The Kier molecular flexibility index (Phi) is 5.34. The highest BCUT2D eigenvalue weighted by molar-refractivity contribution is 5.41. The normalized spacial score (nSPS) is 11.9. The van der Waals surface area contributed by atoms with Gasteiger partial charge in [0.15, 0.2) is 5.69 Å². The lowest BCUT2D eigenvalue weighted by molar-refractivity contribution is -0.141. The van der Waals surface area contributed by atoms with Crippen LogP contribution in [0.1, 0.15) is 19.5 Å². The molecule has 1 aromatic rings. The van der Waals surface area contributed by atoms with Gasteiger partial charge in [0, 0.05) is 19.2 Å². The van der Waals surface area contributed by atoms with Crippen molar-refractivity contribution in [2.24, 2.45) is 5.92 Å². The number of ether oxygens (including phenoxy) is 1. The van der Waals surface area contributed by atoms with Crippen molar-refractivity contribution in [3.63, 3.8) is 0 Å². The van der Waals surface area contributed by atoms with Crippen molar-refractivity contribution in [3.8, 4) is 0 Å². The van der Waals surface area contributed by atoms with Crippen molar-refractivity contribution in [2.75, 3.05) is 30.8 Å². The summed E-state index contributed by atoms with van der Waals surface area (Å²) in [6.45, 7) is 5.34. The van der Waals surface area contributed by atoms with Crippen molar-refractivity contribution in [2.45, 2.75) is 20.0 Å². The summed E-state index contributed by atoms with van der Waals surface area (Å²) in [6.07, 6.45) is -4.54. The summed E-state index contributed by atoms with van der Waals surface area (Å²) in [6, 6.07) is 0.818. The fourth-order valence-electron chi connectivity index (χ4n) is 1.27. The average molecular weight is 278 g/mol. The molecule has 0 aliphatic heterocycles. The molecule has 8 heteroatoms. The Balaban J connectivity index is 2.52. The maximum atomic E-state index is 12.5. The molecule has 1 aromatic heterocycles. The number of nitrogens with two attached hydrogens (primary N) is 1. The van der Waals surface area contributed by atoms with Crippen LogP contribution in [0.3, 0.4) is 0 Å². The molecule has 0 unspecified atom stereocenters. The first-order chi connectivity index (χ1) is 8.79. The molecule has 0 aliphatic carbocycles. The second kappa shape index (κ2) is 6.55. The zero-order valence-corrected chi connectivity index (χ0v) is 10.8. The van der Waals surface area contributed by atoms with Crippen molar-refractivity contribution >= 4 is 11.8 Å². The highest BCUT2D eigenvalue weighted by atomic mass is 19.4. The fraction of sp³-hybridized carbons (Fsp3) is 0.636. The monoisotopic (exact) mass is 278 g/mol. The number of aromatic nitrogens is 2. The molecule has 0 amide bonds. The third-order valence-corrected chi connectivity index (χ3v) is 2.04. The van der Waals surface area contributed by atoms with E-state index >= 15 is 0 Å². The van der Waals surface area contributed by atoms with E-state index in [0.29, 0.717) is 25.7 Å². The van der Waals surface area contributed by atoms with E-state index in [1.807, 2.05) is 13.8 Å². The predicted octanol–water partition coefficient (Wildman–Crippen LogP) is 2.16. The lowest BCUT2D eigenvalue weighted by atomic mass is 10.2. The van der Waals surface area contributed by atoms with Gasteiger partial charge in [-0.15, -0.1) is 0 Å². The summed E-state index contributed by atoms with van der Waals surface area (Å²) >= 11 is 0. The van der Waals surface area contributed by atoms with E-state index in [-0.39, 0.29) is 5.82 Å². The largest absolute Gasteiger partial charge is 0.433 e. The Morgan fingerprint density at radius 3 is 2.63 bits per heavy atom. The van der Waals surface area contributed by atoms with Gasteiger partial charge in [0.1, 0.15) is 5.82 Å². The molecule has 0 atom stereocenters. The van der Waals surface area contributed by atoms with Gasteiger partial charge < -0.3 is 15.8 Å². The minimum atomic E-state index is -4.54. The van der Waals surface area contributed by atoms with Crippen molar-refractivity contribution in [1.82, 2.24) is 9.97 Å². The molecular formula is C11H17F3N4O. The minimum Gasteiger partial charge on any atom is -0.379 e. The first-order valence-corrected chi connectivity index (χ1v) is 5.82. The zero-order chi connectivity index (χ0) is 14.5. The molecule has 0 fully saturated rings. The summed E-state index contributed by atoms with van der Waals surface area (Å²) < 4.78 is 42.7. The van der Waals surface area contributed by atoms with Gasteiger partial charge in [0.25, 0.3) is 0 Å². The third-order valence-electron chi connectivity index (χ3n) is 2.04. The number of alkyl halides is 3. The molecule has 5 nitrogen and oxygen atoms in total. The van der Waals surface area contributed by atoms with E-state index < -0.39 is 17.8 Å². The van der Waals surface area contributed by atoms with Gasteiger partial charge in [-0.1, -0.05) is 13.8 Å². The van der Waals surface area contributed by atoms with Gasteiger partial charge in [-0.3, -0.25) is 0 Å². The number of nitrogens with one attached hydrogen (secondary N) is 1. The van der Waals surface area contributed by atoms with E-state index in [2.05, 4.69) is 15.3 Å². The average Bonchev–Trinajstić information content (AvgIpc) is 2.26. The smallest absolute Gasteiger partial charge is 0.379 e. The molecule has 0 saturated heterocycles. The molecule has 0 aliphatic rings. The lowest BCUT2D eigenvalue weighted by Gasteiger charge is -2.11. The molecular weight excluding hydrogens is 261 g/mol. The van der Waals surface area contributed by atoms with Crippen molar-refractivity contribution in [1.29, 1.82) is 0 Å². The molecule has 0 saturated carbocycles. The van der Waals surface area contributed by atoms with Crippen LogP contribution in [-0.2, 0) is 10.9 Å². The van der Waals surface area contributed by atoms with E-state index in [4.69, 9.17) is 10.5 Å². The Morgan fingerprint density at radius 1 is 1.37 bits per heavy atom. The van der Waals surface area contributed by atoms with Crippen LogP contribution in [0, 0.1) is 5.92 Å². The van der Waals surface area contributed by atoms with Gasteiger partial charge in [-0.2, -0.15) is 18.2 Å². The van der Waals surface area contributed by atoms with Gasteiger partial charge in [-0.05, 0) is 5.92 Å². The van der Waals surface area contributed by atoms with Crippen LogP contribution in [0.25, 0.3) is 0 Å². The van der Waals surface area contributed by atoms with Crippen molar-refractivity contribution in [3.05, 3.63) is 11.8 Å². The maximum absolute atomic E-state index is 12.5. The van der Waals surface area contributed by atoms with Crippen LogP contribution in [0.15, 0.2) is 6.07 Å². The third kappa shape index (κ3) is 5.73.